The van der Waals surface area contributed by atoms with Gasteiger partial charge in [0, 0.05) is 19.0 Å². The van der Waals surface area contributed by atoms with Crippen LogP contribution in [0.15, 0.2) is 0 Å². The molecule has 0 bridgehead atoms. The molecular weight excluding hydrogens is 416 g/mol. The fraction of sp³-hybridized carbons (Fsp3) is 0.810. The summed E-state index contributed by atoms with van der Waals surface area (Å²) in [5, 5.41) is 17.4. The second kappa shape index (κ2) is 14.1. The Morgan fingerprint density at radius 3 is 2.09 bits per heavy atom. The second-order valence-corrected chi connectivity index (χ2v) is 8.60. The Balaban J connectivity index is 2.69. The van der Waals surface area contributed by atoms with E-state index in [1.807, 2.05) is 0 Å². The van der Waals surface area contributed by atoms with Gasteiger partial charge in [-0.05, 0) is 45.6 Å². The van der Waals surface area contributed by atoms with Gasteiger partial charge in [-0.1, -0.05) is 19.3 Å². The van der Waals surface area contributed by atoms with Crippen molar-refractivity contribution < 1.29 is 24.3 Å². The highest BCUT2D eigenvalue weighted by atomic mass is 16.3. The smallest absolute Gasteiger partial charge is 0.245 e. The van der Waals surface area contributed by atoms with Crippen molar-refractivity contribution in [3.63, 3.8) is 0 Å². The molecule has 0 aromatic rings. The number of hydrogen-bond donors (Lipinski definition) is 7. The van der Waals surface area contributed by atoms with Gasteiger partial charge in [-0.3, -0.25) is 19.2 Å². The lowest BCUT2D eigenvalue weighted by atomic mass is 9.83. The second-order valence-electron chi connectivity index (χ2n) is 8.60. The topological polar surface area (TPSA) is 203 Å². The summed E-state index contributed by atoms with van der Waals surface area (Å²) in [6.45, 7) is 2.62. The maximum Gasteiger partial charge on any atom is 0.245 e. The minimum absolute atomic E-state index is 0.0775. The van der Waals surface area contributed by atoms with Gasteiger partial charge in [-0.15, -0.1) is 0 Å². The third-order valence-electron chi connectivity index (χ3n) is 5.89. The van der Waals surface area contributed by atoms with E-state index in [2.05, 4.69) is 16.0 Å². The van der Waals surface area contributed by atoms with Gasteiger partial charge in [0.1, 0.15) is 12.1 Å². The molecule has 0 spiro atoms. The normalized spacial score (nSPS) is 19.2. The van der Waals surface area contributed by atoms with Gasteiger partial charge < -0.3 is 38.3 Å². The van der Waals surface area contributed by atoms with Gasteiger partial charge in [0.2, 0.25) is 17.7 Å². The maximum atomic E-state index is 12.6. The van der Waals surface area contributed by atoms with Crippen molar-refractivity contribution in [2.24, 2.45) is 23.1 Å². The quantitative estimate of drug-likeness (QED) is 0.165. The average molecular weight is 457 g/mol. The Morgan fingerprint density at radius 2 is 1.59 bits per heavy atom. The minimum atomic E-state index is -1.34. The van der Waals surface area contributed by atoms with Crippen LogP contribution in [0.3, 0.4) is 0 Å². The standard InChI is InChI=1S/C21H40N6O5/c1-12(28)16(8-9-22)26-21(32)19(13(2)29)27-20(31)17(11-23)25-18(30)10-15(24)14-6-4-3-5-7-14/h13-17,19,29H,3-11,22-24H2,1-2H3,(H,25,30)(H,26,32)(H,27,31)/t13?,15?,16-,17-,19-/m0/s1. The van der Waals surface area contributed by atoms with Gasteiger partial charge >= 0.3 is 0 Å². The van der Waals surface area contributed by atoms with E-state index >= 15 is 0 Å². The first-order valence-electron chi connectivity index (χ1n) is 11.3. The Morgan fingerprint density at radius 1 is 0.969 bits per heavy atom. The van der Waals surface area contributed by atoms with Crippen LogP contribution in [0.2, 0.25) is 0 Å². The number of aliphatic hydroxyl groups excluding tert-OH is 1. The molecule has 0 radical (unpaired) electrons. The maximum absolute atomic E-state index is 12.6. The average Bonchev–Trinajstić information content (AvgIpc) is 2.75. The van der Waals surface area contributed by atoms with E-state index in [-0.39, 0.29) is 43.7 Å². The van der Waals surface area contributed by atoms with Crippen LogP contribution in [-0.2, 0) is 19.2 Å². The van der Waals surface area contributed by atoms with E-state index in [1.54, 1.807) is 0 Å². The molecule has 0 heterocycles. The molecule has 32 heavy (non-hydrogen) atoms. The van der Waals surface area contributed by atoms with Gasteiger partial charge in [-0.2, -0.15) is 0 Å². The Bertz CT molecular complexity index is 638. The number of nitrogens with one attached hydrogen (secondary N) is 3. The van der Waals surface area contributed by atoms with Crippen molar-refractivity contribution >= 4 is 23.5 Å². The van der Waals surface area contributed by atoms with Gasteiger partial charge in [0.05, 0.1) is 12.1 Å². The van der Waals surface area contributed by atoms with Gasteiger partial charge in [0.25, 0.3) is 0 Å². The van der Waals surface area contributed by atoms with Crippen molar-refractivity contribution in [3.05, 3.63) is 0 Å². The van der Waals surface area contributed by atoms with E-state index in [0.29, 0.717) is 0 Å². The molecule has 184 valence electrons. The van der Waals surface area contributed by atoms with Crippen molar-refractivity contribution in [1.29, 1.82) is 0 Å². The Labute approximate surface area is 189 Å². The monoisotopic (exact) mass is 456 g/mol. The first-order valence-corrected chi connectivity index (χ1v) is 11.3. The number of rotatable bonds is 13. The Hall–Kier alpha value is -2.08. The fourth-order valence-corrected chi connectivity index (χ4v) is 3.89. The van der Waals surface area contributed by atoms with Crippen molar-refractivity contribution in [3.8, 4) is 0 Å². The SMILES string of the molecule is CC(=O)[C@H](CCN)NC(=O)[C@@H](NC(=O)[C@H](CN)NC(=O)CC(N)C1CCCCC1)C(C)O. The van der Waals surface area contributed by atoms with Crippen LogP contribution < -0.4 is 33.2 Å². The molecule has 10 N–H and O–H groups in total. The van der Waals surface area contributed by atoms with Crippen molar-refractivity contribution in [2.75, 3.05) is 13.1 Å². The van der Waals surface area contributed by atoms with Gasteiger partial charge in [0.15, 0.2) is 5.78 Å². The highest BCUT2D eigenvalue weighted by molar-refractivity contribution is 5.94. The summed E-state index contributed by atoms with van der Waals surface area (Å²) in [4.78, 5) is 49.3. The zero-order valence-electron chi connectivity index (χ0n) is 19.1. The molecule has 0 aromatic heterocycles. The summed E-state index contributed by atoms with van der Waals surface area (Å²) in [5.41, 5.74) is 17.3. The number of hydrogen-bond acceptors (Lipinski definition) is 8. The summed E-state index contributed by atoms with van der Waals surface area (Å²) in [6.07, 6.45) is 4.43. The summed E-state index contributed by atoms with van der Waals surface area (Å²) in [5.74, 6) is -1.85. The summed E-state index contributed by atoms with van der Waals surface area (Å²) in [6, 6.07) is -3.55. The summed E-state index contributed by atoms with van der Waals surface area (Å²) < 4.78 is 0. The molecule has 11 heteroatoms. The number of aliphatic hydroxyl groups is 1. The lowest BCUT2D eigenvalue weighted by Gasteiger charge is -2.28. The van der Waals surface area contributed by atoms with Crippen LogP contribution in [0.1, 0.15) is 58.8 Å². The molecule has 0 saturated heterocycles. The Kier molecular flexibility index (Phi) is 12.4. The van der Waals surface area contributed by atoms with E-state index in [1.165, 1.54) is 20.3 Å². The zero-order valence-corrected chi connectivity index (χ0v) is 19.1. The molecule has 1 fully saturated rings. The van der Waals surface area contributed by atoms with Crippen LogP contribution in [0.5, 0.6) is 0 Å². The summed E-state index contributed by atoms with van der Waals surface area (Å²) in [7, 11) is 0. The van der Waals surface area contributed by atoms with E-state index < -0.39 is 42.0 Å². The highest BCUT2D eigenvalue weighted by Crippen LogP contribution is 2.26. The molecule has 2 unspecified atom stereocenters. The number of nitrogens with two attached hydrogens (primary N) is 3. The minimum Gasteiger partial charge on any atom is -0.391 e. The van der Waals surface area contributed by atoms with Crippen LogP contribution in [0, 0.1) is 5.92 Å². The highest BCUT2D eigenvalue weighted by Gasteiger charge is 2.31. The molecular formula is C21H40N6O5. The molecule has 1 aliphatic carbocycles. The molecule has 1 rings (SSSR count). The van der Waals surface area contributed by atoms with E-state index in [0.717, 1.165) is 25.7 Å². The van der Waals surface area contributed by atoms with Crippen LogP contribution in [-0.4, -0.2) is 72.0 Å². The number of amides is 3. The molecule has 5 atom stereocenters. The summed E-state index contributed by atoms with van der Waals surface area (Å²) >= 11 is 0. The molecule has 1 aliphatic rings. The largest absolute Gasteiger partial charge is 0.391 e. The third kappa shape index (κ3) is 9.19. The predicted molar refractivity (Wildman–Crippen MR) is 120 cm³/mol. The molecule has 3 amide bonds. The van der Waals surface area contributed by atoms with Crippen LogP contribution in [0.4, 0.5) is 0 Å². The number of carbonyl (C=O) groups is 4. The molecule has 0 aliphatic heterocycles. The predicted octanol–water partition coefficient (Wildman–Crippen LogP) is -1.98. The number of Topliss-reactive ketones (excluding diaryl/α,β-unsaturated/α-hetero) is 1. The first kappa shape index (κ1) is 28.0. The lowest BCUT2D eigenvalue weighted by molar-refractivity contribution is -0.135. The fourth-order valence-electron chi connectivity index (χ4n) is 3.89. The lowest BCUT2D eigenvalue weighted by Crippen LogP contribution is -2.60. The van der Waals surface area contributed by atoms with Crippen molar-refractivity contribution in [2.45, 2.75) is 89.1 Å². The molecule has 11 nitrogen and oxygen atoms in total. The third-order valence-corrected chi connectivity index (χ3v) is 5.89. The molecule has 0 aromatic carbocycles. The zero-order chi connectivity index (χ0) is 24.3. The van der Waals surface area contributed by atoms with Crippen molar-refractivity contribution in [1.82, 2.24) is 16.0 Å². The number of carbonyl (C=O) groups excluding carboxylic acids is 4. The van der Waals surface area contributed by atoms with Crippen LogP contribution in [0.25, 0.3) is 0 Å². The van der Waals surface area contributed by atoms with Crippen LogP contribution >= 0.6 is 0 Å². The number of ketones is 1. The molecule has 1 saturated carbocycles. The first-order chi connectivity index (χ1) is 15.1. The van der Waals surface area contributed by atoms with Gasteiger partial charge in [-0.25, -0.2) is 0 Å². The van der Waals surface area contributed by atoms with E-state index in [9.17, 15) is 24.3 Å². The van der Waals surface area contributed by atoms with E-state index in [4.69, 9.17) is 17.2 Å².